The van der Waals surface area contributed by atoms with Crippen LogP contribution in [0.25, 0.3) is 0 Å². The van der Waals surface area contributed by atoms with E-state index in [-0.39, 0.29) is 4.47 Å². The Hall–Kier alpha value is -0.480. The molecule has 1 N–H and O–H groups in total. The summed E-state index contributed by atoms with van der Waals surface area (Å²) in [5, 5.41) is 9.73. The lowest BCUT2D eigenvalue weighted by atomic mass is 10.0. The second-order valence-electron chi connectivity index (χ2n) is 3.42. The molecular weight excluding hydrogens is 266 g/mol. The zero-order chi connectivity index (χ0) is 11.4. The molecule has 4 heteroatoms. The molecule has 0 aromatic heterocycles. The van der Waals surface area contributed by atoms with E-state index in [1.54, 1.807) is 0 Å². The monoisotopic (exact) mass is 278 g/mol. The number of aliphatic hydroxyl groups excluding tert-OH is 1. The van der Waals surface area contributed by atoms with Gasteiger partial charge < -0.3 is 5.11 Å². The molecule has 15 heavy (non-hydrogen) atoms. The molecule has 1 atom stereocenters. The average molecular weight is 279 g/mol. The van der Waals surface area contributed by atoms with E-state index in [1.165, 1.54) is 6.07 Å². The Morgan fingerprint density at radius 1 is 1.40 bits per heavy atom. The van der Waals surface area contributed by atoms with E-state index >= 15 is 0 Å². The predicted molar refractivity (Wildman–Crippen MR) is 58.5 cm³/mol. The van der Waals surface area contributed by atoms with Gasteiger partial charge in [0.25, 0.3) is 0 Å². The molecule has 0 aliphatic heterocycles. The fourth-order valence-electron chi connectivity index (χ4n) is 1.35. The molecule has 0 bridgehead atoms. The van der Waals surface area contributed by atoms with Crippen molar-refractivity contribution in [1.82, 2.24) is 0 Å². The first-order valence-electron chi connectivity index (χ1n) is 4.89. The Bertz CT molecular complexity index is 342. The molecule has 0 saturated heterocycles. The van der Waals surface area contributed by atoms with Gasteiger partial charge in [0.05, 0.1) is 10.6 Å². The van der Waals surface area contributed by atoms with Crippen LogP contribution < -0.4 is 0 Å². The summed E-state index contributed by atoms with van der Waals surface area (Å²) in [5.74, 6) is -1.85. The Morgan fingerprint density at radius 2 is 2.07 bits per heavy atom. The van der Waals surface area contributed by atoms with Crippen LogP contribution in [-0.2, 0) is 0 Å². The van der Waals surface area contributed by atoms with Crippen molar-refractivity contribution in [2.24, 2.45) is 0 Å². The van der Waals surface area contributed by atoms with Crippen LogP contribution in [0.5, 0.6) is 0 Å². The van der Waals surface area contributed by atoms with Gasteiger partial charge in [-0.3, -0.25) is 0 Å². The fraction of sp³-hybridized carbons (Fsp3) is 0.455. The highest BCUT2D eigenvalue weighted by molar-refractivity contribution is 9.10. The van der Waals surface area contributed by atoms with Crippen molar-refractivity contribution in [2.45, 2.75) is 32.3 Å². The van der Waals surface area contributed by atoms with Gasteiger partial charge in [0.1, 0.15) is 0 Å². The molecular formula is C11H13BrF2O. The van der Waals surface area contributed by atoms with Gasteiger partial charge in [0.15, 0.2) is 11.6 Å². The Balaban J connectivity index is 2.90. The summed E-state index contributed by atoms with van der Waals surface area (Å²) in [6.07, 6.45) is 1.62. The smallest absolute Gasteiger partial charge is 0.173 e. The molecule has 0 aliphatic carbocycles. The Labute approximate surface area is 96.2 Å². The Kier molecular flexibility index (Phi) is 4.67. The minimum atomic E-state index is -0.942. The zero-order valence-corrected chi connectivity index (χ0v) is 10.0. The van der Waals surface area contributed by atoms with Gasteiger partial charge >= 0.3 is 0 Å². The van der Waals surface area contributed by atoms with E-state index in [1.807, 2.05) is 6.92 Å². The second-order valence-corrected chi connectivity index (χ2v) is 4.22. The molecule has 84 valence electrons. The fourth-order valence-corrected chi connectivity index (χ4v) is 1.94. The quantitative estimate of drug-likeness (QED) is 0.827. The molecule has 1 rings (SSSR count). The van der Waals surface area contributed by atoms with Crippen molar-refractivity contribution >= 4 is 15.9 Å². The molecule has 0 saturated carbocycles. The van der Waals surface area contributed by atoms with Gasteiger partial charge in [-0.25, -0.2) is 8.78 Å². The number of hydrogen-bond acceptors (Lipinski definition) is 1. The highest BCUT2D eigenvalue weighted by Gasteiger charge is 2.16. The van der Waals surface area contributed by atoms with Crippen molar-refractivity contribution in [2.75, 3.05) is 0 Å². The molecule has 1 aromatic rings. The lowest BCUT2D eigenvalue weighted by molar-refractivity contribution is 0.163. The van der Waals surface area contributed by atoms with Gasteiger partial charge in [-0.15, -0.1) is 0 Å². The standard InChI is InChI=1S/C11H13BrF2O/c1-2-3-4-9(15)7-5-6-8(13)11(14)10(7)12/h5-6,9,15H,2-4H2,1H3. The van der Waals surface area contributed by atoms with E-state index in [2.05, 4.69) is 15.9 Å². The Morgan fingerprint density at radius 3 is 2.67 bits per heavy atom. The zero-order valence-electron chi connectivity index (χ0n) is 8.43. The van der Waals surface area contributed by atoms with E-state index in [0.717, 1.165) is 18.9 Å². The van der Waals surface area contributed by atoms with Crippen LogP contribution in [0, 0.1) is 11.6 Å². The topological polar surface area (TPSA) is 20.2 Å². The third-order valence-corrected chi connectivity index (χ3v) is 3.06. The highest BCUT2D eigenvalue weighted by atomic mass is 79.9. The lowest BCUT2D eigenvalue weighted by Crippen LogP contribution is -2.01. The lowest BCUT2D eigenvalue weighted by Gasteiger charge is -2.12. The number of aliphatic hydroxyl groups is 1. The first kappa shape index (κ1) is 12.6. The van der Waals surface area contributed by atoms with Crippen molar-refractivity contribution in [1.29, 1.82) is 0 Å². The minimum absolute atomic E-state index is 0.0195. The van der Waals surface area contributed by atoms with E-state index < -0.39 is 17.7 Å². The van der Waals surface area contributed by atoms with Gasteiger partial charge in [0.2, 0.25) is 0 Å². The van der Waals surface area contributed by atoms with E-state index in [0.29, 0.717) is 12.0 Å². The number of unbranched alkanes of at least 4 members (excludes halogenated alkanes) is 1. The van der Waals surface area contributed by atoms with Crippen LogP contribution in [0.15, 0.2) is 16.6 Å². The van der Waals surface area contributed by atoms with Gasteiger partial charge in [0, 0.05) is 0 Å². The minimum Gasteiger partial charge on any atom is -0.388 e. The average Bonchev–Trinajstić information content (AvgIpc) is 2.23. The van der Waals surface area contributed by atoms with Crippen molar-refractivity contribution < 1.29 is 13.9 Å². The second kappa shape index (κ2) is 5.56. The molecule has 1 unspecified atom stereocenters. The van der Waals surface area contributed by atoms with Crippen molar-refractivity contribution in [3.05, 3.63) is 33.8 Å². The first-order valence-corrected chi connectivity index (χ1v) is 5.68. The summed E-state index contributed by atoms with van der Waals surface area (Å²) in [6.45, 7) is 2.01. The summed E-state index contributed by atoms with van der Waals surface area (Å²) in [5.41, 5.74) is 0.405. The van der Waals surface area contributed by atoms with Crippen LogP contribution in [0.1, 0.15) is 37.9 Å². The maximum atomic E-state index is 13.1. The molecule has 0 amide bonds. The van der Waals surface area contributed by atoms with Crippen LogP contribution in [0.3, 0.4) is 0 Å². The van der Waals surface area contributed by atoms with Gasteiger partial charge in [-0.1, -0.05) is 25.8 Å². The van der Waals surface area contributed by atoms with Crippen LogP contribution in [-0.4, -0.2) is 5.11 Å². The molecule has 0 aliphatic rings. The summed E-state index contributed by atoms with van der Waals surface area (Å²) >= 11 is 2.95. The SMILES string of the molecule is CCCCC(O)c1ccc(F)c(F)c1Br. The molecule has 0 heterocycles. The molecule has 0 spiro atoms. The predicted octanol–water partition coefficient (Wildman–Crippen LogP) is 3.95. The van der Waals surface area contributed by atoms with Crippen molar-refractivity contribution in [3.8, 4) is 0 Å². The molecule has 1 nitrogen and oxygen atoms in total. The van der Waals surface area contributed by atoms with E-state index in [9.17, 15) is 13.9 Å². The van der Waals surface area contributed by atoms with E-state index in [4.69, 9.17) is 0 Å². The molecule has 0 radical (unpaired) electrons. The maximum Gasteiger partial charge on any atom is 0.173 e. The highest BCUT2D eigenvalue weighted by Crippen LogP contribution is 2.30. The number of rotatable bonds is 4. The maximum absolute atomic E-state index is 13.1. The summed E-state index contributed by atoms with van der Waals surface area (Å²) in [7, 11) is 0. The number of benzene rings is 1. The molecule has 1 aromatic carbocycles. The van der Waals surface area contributed by atoms with Crippen LogP contribution >= 0.6 is 15.9 Å². The van der Waals surface area contributed by atoms with Crippen LogP contribution in [0.4, 0.5) is 8.78 Å². The first-order chi connectivity index (χ1) is 7.07. The number of hydrogen-bond donors (Lipinski definition) is 1. The van der Waals surface area contributed by atoms with Gasteiger partial charge in [-0.2, -0.15) is 0 Å². The molecule has 0 fully saturated rings. The van der Waals surface area contributed by atoms with Crippen LogP contribution in [0.2, 0.25) is 0 Å². The summed E-state index contributed by atoms with van der Waals surface area (Å²) < 4.78 is 25.9. The third-order valence-electron chi connectivity index (χ3n) is 2.26. The van der Waals surface area contributed by atoms with Crippen molar-refractivity contribution in [3.63, 3.8) is 0 Å². The summed E-state index contributed by atoms with van der Waals surface area (Å²) in [4.78, 5) is 0. The number of halogens is 3. The summed E-state index contributed by atoms with van der Waals surface area (Å²) in [6, 6.07) is 2.44. The third kappa shape index (κ3) is 2.98. The van der Waals surface area contributed by atoms with Gasteiger partial charge in [-0.05, 0) is 34.0 Å². The normalized spacial score (nSPS) is 12.9. The largest absolute Gasteiger partial charge is 0.388 e.